The third-order valence-electron chi connectivity index (χ3n) is 9.44. The van der Waals surface area contributed by atoms with Crippen molar-refractivity contribution < 1.29 is 19.1 Å². The van der Waals surface area contributed by atoms with E-state index in [2.05, 4.69) is 17.3 Å². The van der Waals surface area contributed by atoms with Crippen molar-refractivity contribution in [3.63, 3.8) is 0 Å². The molecule has 10 nitrogen and oxygen atoms in total. The Bertz CT molecular complexity index is 1780. The van der Waals surface area contributed by atoms with Gasteiger partial charge < -0.3 is 29.2 Å². The molecule has 0 atom stereocenters. The Morgan fingerprint density at radius 3 is 2.56 bits per heavy atom. The number of halogens is 1. The highest BCUT2D eigenvalue weighted by atomic mass is 35.5. The molecule has 4 heterocycles. The van der Waals surface area contributed by atoms with E-state index in [1.165, 1.54) is 0 Å². The maximum atomic E-state index is 13.5. The van der Waals surface area contributed by atoms with Crippen LogP contribution in [0.15, 0.2) is 40.8 Å². The van der Waals surface area contributed by atoms with E-state index in [4.69, 9.17) is 26.0 Å². The van der Waals surface area contributed by atoms with Crippen molar-refractivity contribution in [3.05, 3.63) is 81.2 Å². The zero-order chi connectivity index (χ0) is 31.4. The Balaban J connectivity index is 1.08. The van der Waals surface area contributed by atoms with Gasteiger partial charge in [-0.25, -0.2) is 9.97 Å². The van der Waals surface area contributed by atoms with Crippen molar-refractivity contribution >= 4 is 23.3 Å². The number of benzene rings is 2. The molecule has 0 spiro atoms. The van der Waals surface area contributed by atoms with E-state index in [1.54, 1.807) is 4.90 Å². The van der Waals surface area contributed by atoms with Gasteiger partial charge >= 0.3 is 0 Å². The van der Waals surface area contributed by atoms with E-state index in [0.29, 0.717) is 48.4 Å². The minimum atomic E-state index is -0.257. The van der Waals surface area contributed by atoms with Gasteiger partial charge in [-0.3, -0.25) is 9.59 Å². The van der Waals surface area contributed by atoms with Crippen LogP contribution in [-0.2, 0) is 44.3 Å². The first kappa shape index (κ1) is 29.9. The van der Waals surface area contributed by atoms with Gasteiger partial charge in [-0.1, -0.05) is 41.9 Å². The number of carbonyl (C=O) groups is 2. The average Bonchev–Trinajstić information content (AvgIpc) is 3.68. The van der Waals surface area contributed by atoms with Gasteiger partial charge in [0.05, 0.1) is 36.5 Å². The maximum Gasteiger partial charge on any atom is 0.237 e. The number of Topliss-reactive ketones (excluding diaryl/α,β-unsaturated/α-hetero) is 1. The van der Waals surface area contributed by atoms with Gasteiger partial charge in [0.15, 0.2) is 5.82 Å². The summed E-state index contributed by atoms with van der Waals surface area (Å²) >= 11 is 7.00. The molecule has 1 amide bonds. The number of carbonyl (C=O) groups excluding carboxylic acids is 2. The lowest BCUT2D eigenvalue weighted by molar-refractivity contribution is -0.131. The van der Waals surface area contributed by atoms with Gasteiger partial charge in [-0.05, 0) is 49.6 Å². The summed E-state index contributed by atoms with van der Waals surface area (Å²) in [5.41, 5.74) is 7.21. The molecule has 0 bridgehead atoms. The highest BCUT2D eigenvalue weighted by Crippen LogP contribution is 2.38. The molecule has 1 aliphatic carbocycles. The summed E-state index contributed by atoms with van der Waals surface area (Å²) in [6.45, 7) is 4.74. The molecule has 0 radical (unpaired) electrons. The van der Waals surface area contributed by atoms with E-state index >= 15 is 0 Å². The first-order chi connectivity index (χ1) is 21.7. The first-order valence-corrected chi connectivity index (χ1v) is 15.9. The van der Waals surface area contributed by atoms with Gasteiger partial charge in [0, 0.05) is 55.8 Å². The number of oxazole rings is 1. The molecule has 4 aromatic rings. The van der Waals surface area contributed by atoms with Crippen LogP contribution in [0.25, 0.3) is 22.6 Å². The monoisotopic (exact) mass is 628 g/mol. The zero-order valence-electron chi connectivity index (χ0n) is 25.8. The van der Waals surface area contributed by atoms with Crippen LogP contribution in [0.1, 0.15) is 57.4 Å². The molecule has 234 valence electrons. The number of nitrogens with zero attached hydrogens (tertiary/aromatic N) is 5. The van der Waals surface area contributed by atoms with Crippen LogP contribution in [-0.4, -0.2) is 73.4 Å². The van der Waals surface area contributed by atoms with Gasteiger partial charge in [0.25, 0.3) is 0 Å². The quantitative estimate of drug-likeness (QED) is 0.281. The molecule has 0 saturated heterocycles. The summed E-state index contributed by atoms with van der Waals surface area (Å²) in [6, 6.07) is 11.9. The Morgan fingerprint density at radius 2 is 1.78 bits per heavy atom. The number of aliphatic hydroxyl groups excluding tert-OH is 1. The van der Waals surface area contributed by atoms with Crippen LogP contribution in [0, 0.1) is 6.92 Å². The van der Waals surface area contributed by atoms with E-state index in [0.717, 1.165) is 64.4 Å². The minimum absolute atomic E-state index is 0.00700. The highest BCUT2D eigenvalue weighted by molar-refractivity contribution is 6.34. The number of rotatable bonds is 8. The zero-order valence-corrected chi connectivity index (χ0v) is 26.5. The normalized spacial score (nSPS) is 19.4. The van der Waals surface area contributed by atoms with E-state index in [1.807, 2.05) is 54.9 Å². The van der Waals surface area contributed by atoms with Crippen molar-refractivity contribution in [2.75, 3.05) is 20.1 Å². The fourth-order valence-electron chi connectivity index (χ4n) is 6.67. The first-order valence-electron chi connectivity index (χ1n) is 15.5. The molecule has 11 heteroatoms. The van der Waals surface area contributed by atoms with E-state index in [-0.39, 0.29) is 36.8 Å². The molecular weight excluding hydrogens is 592 g/mol. The number of aromatic nitrogens is 3. The summed E-state index contributed by atoms with van der Waals surface area (Å²) in [5, 5.41) is 13.2. The van der Waals surface area contributed by atoms with Gasteiger partial charge in [-0.15, -0.1) is 0 Å². The SMILES string of the molecule is Cc1c(-c2nc3c(o2)CN(C(=O)CNC2CC(O)C2)C3)cccc1-c1cccc(CC(=O)c2nc3c(n2C)CCN(C)C3)c1Cl. The molecule has 2 aromatic carbocycles. The second-order valence-corrected chi connectivity index (χ2v) is 13.0. The fraction of sp³-hybridized carbons (Fsp3) is 0.412. The smallest absolute Gasteiger partial charge is 0.237 e. The molecule has 3 aliphatic rings. The Labute approximate surface area is 267 Å². The minimum Gasteiger partial charge on any atom is -0.439 e. The third kappa shape index (κ3) is 5.61. The number of aliphatic hydroxyl groups is 1. The molecular formula is C34H37ClN6O4. The molecule has 2 N–H and O–H groups in total. The lowest BCUT2D eigenvalue weighted by Crippen LogP contribution is -2.47. The van der Waals surface area contributed by atoms with E-state index < -0.39 is 0 Å². The summed E-state index contributed by atoms with van der Waals surface area (Å²) in [6.07, 6.45) is 2.16. The number of amides is 1. The fourth-order valence-corrected chi connectivity index (χ4v) is 6.97. The maximum absolute atomic E-state index is 13.5. The molecule has 0 unspecified atom stereocenters. The lowest BCUT2D eigenvalue weighted by atomic mass is 9.89. The molecule has 1 saturated carbocycles. The third-order valence-corrected chi connectivity index (χ3v) is 9.89. The number of ketones is 1. The second kappa shape index (κ2) is 11.8. The van der Waals surface area contributed by atoms with Crippen LogP contribution in [0.4, 0.5) is 0 Å². The van der Waals surface area contributed by atoms with Crippen LogP contribution in [0.2, 0.25) is 5.02 Å². The summed E-state index contributed by atoms with van der Waals surface area (Å²) in [4.78, 5) is 39.6. The molecule has 45 heavy (non-hydrogen) atoms. The number of fused-ring (bicyclic) bond motifs is 2. The number of hydrogen-bond donors (Lipinski definition) is 2. The van der Waals surface area contributed by atoms with Gasteiger partial charge in [-0.2, -0.15) is 0 Å². The topological polar surface area (TPSA) is 117 Å². The average molecular weight is 629 g/mol. The summed E-state index contributed by atoms with van der Waals surface area (Å²) < 4.78 is 8.14. The van der Waals surface area contributed by atoms with Gasteiger partial charge in [0.2, 0.25) is 17.6 Å². The molecule has 7 rings (SSSR count). The van der Waals surface area contributed by atoms with Crippen LogP contribution in [0.5, 0.6) is 0 Å². The predicted molar refractivity (Wildman–Crippen MR) is 170 cm³/mol. The number of likely N-dealkylation sites (N-methyl/N-ethyl adjacent to an activating group) is 1. The Kier molecular flexibility index (Phi) is 7.85. The molecule has 2 aromatic heterocycles. The van der Waals surface area contributed by atoms with Crippen LogP contribution >= 0.6 is 11.6 Å². The largest absolute Gasteiger partial charge is 0.439 e. The number of hydrogen-bond acceptors (Lipinski definition) is 8. The van der Waals surface area contributed by atoms with Crippen molar-refractivity contribution in [2.45, 2.75) is 64.4 Å². The summed E-state index contributed by atoms with van der Waals surface area (Å²) in [5.74, 6) is 1.62. The van der Waals surface area contributed by atoms with Crippen LogP contribution in [0.3, 0.4) is 0 Å². The van der Waals surface area contributed by atoms with Gasteiger partial charge in [0.1, 0.15) is 11.5 Å². The highest BCUT2D eigenvalue weighted by Gasteiger charge is 2.32. The molecule has 2 aliphatic heterocycles. The van der Waals surface area contributed by atoms with Crippen molar-refractivity contribution in [1.82, 2.24) is 29.7 Å². The Hall–Kier alpha value is -3.83. The lowest BCUT2D eigenvalue weighted by Gasteiger charge is -2.32. The standard InChI is InChI=1S/C34H37ClN6O4/c1-19-23(25-9-4-6-20(32(25)35)12-29(43)33-37-26-16-39(2)11-10-28(26)40(33)3)7-5-8-24(19)34-38-27-17-41(18-30(27)45-34)31(44)15-36-21-13-22(42)14-21/h4-9,21-22,36,42H,10-18H2,1-3H3. The molecule has 1 fully saturated rings. The summed E-state index contributed by atoms with van der Waals surface area (Å²) in [7, 11) is 3.99. The van der Waals surface area contributed by atoms with E-state index in [9.17, 15) is 14.7 Å². The van der Waals surface area contributed by atoms with Crippen molar-refractivity contribution in [1.29, 1.82) is 0 Å². The van der Waals surface area contributed by atoms with Crippen LogP contribution < -0.4 is 5.32 Å². The Morgan fingerprint density at radius 1 is 1.02 bits per heavy atom. The number of imidazole rings is 1. The number of nitrogens with one attached hydrogen (secondary N) is 1. The van der Waals surface area contributed by atoms with Crippen molar-refractivity contribution in [3.8, 4) is 22.6 Å². The predicted octanol–water partition coefficient (Wildman–Crippen LogP) is 4.07. The second-order valence-electron chi connectivity index (χ2n) is 12.6. The van der Waals surface area contributed by atoms with Crippen molar-refractivity contribution in [2.24, 2.45) is 7.05 Å².